The molecule has 72 valence electrons. The molecular weight excluding hydrogens is 152 g/mol. The quantitative estimate of drug-likeness (QED) is 0.615. The van der Waals surface area contributed by atoms with Gasteiger partial charge in [-0.2, -0.15) is 0 Å². The molecule has 0 aromatic heterocycles. The van der Waals surface area contributed by atoms with Crippen LogP contribution in [0.25, 0.3) is 0 Å². The van der Waals surface area contributed by atoms with E-state index in [0.717, 1.165) is 32.6 Å². The lowest BCUT2D eigenvalue weighted by molar-refractivity contribution is 0.0699. The predicted molar refractivity (Wildman–Crippen MR) is 50.2 cm³/mol. The maximum absolute atomic E-state index is 9.47. The summed E-state index contributed by atoms with van der Waals surface area (Å²) in [5, 5.41) is 12.7. The Bertz CT molecular complexity index is 126. The number of nitrogens with zero attached hydrogens (tertiary/aromatic N) is 1. The van der Waals surface area contributed by atoms with Gasteiger partial charge in [0.05, 0.1) is 6.10 Å². The summed E-state index contributed by atoms with van der Waals surface area (Å²) in [5.41, 5.74) is 0. The van der Waals surface area contributed by atoms with E-state index in [4.69, 9.17) is 0 Å². The van der Waals surface area contributed by atoms with E-state index in [2.05, 4.69) is 17.1 Å². The minimum Gasteiger partial charge on any atom is -0.392 e. The van der Waals surface area contributed by atoms with Crippen molar-refractivity contribution in [2.45, 2.75) is 32.4 Å². The second kappa shape index (κ2) is 4.80. The lowest BCUT2D eigenvalue weighted by Crippen LogP contribution is -2.58. The van der Waals surface area contributed by atoms with E-state index < -0.39 is 0 Å². The van der Waals surface area contributed by atoms with Gasteiger partial charge in [-0.3, -0.25) is 4.90 Å². The summed E-state index contributed by atoms with van der Waals surface area (Å²) in [6, 6.07) is 0.663. The Labute approximate surface area is 74.8 Å². The molecule has 1 saturated heterocycles. The number of aliphatic hydroxyl groups is 1. The first-order valence-electron chi connectivity index (χ1n) is 4.90. The lowest BCUT2D eigenvalue weighted by atomic mass is 10.1. The van der Waals surface area contributed by atoms with Crippen LogP contribution in [-0.4, -0.2) is 48.3 Å². The van der Waals surface area contributed by atoms with Crippen molar-refractivity contribution < 1.29 is 5.11 Å². The van der Waals surface area contributed by atoms with Crippen molar-refractivity contribution in [1.82, 2.24) is 10.2 Å². The van der Waals surface area contributed by atoms with Gasteiger partial charge in [0.1, 0.15) is 0 Å². The standard InChI is InChI=1S/C9H20N2O/c1-3-9(12)7-11(4-2)8-5-10-6-8/h8-10,12H,3-7H2,1-2H3. The molecule has 12 heavy (non-hydrogen) atoms. The summed E-state index contributed by atoms with van der Waals surface area (Å²) in [4.78, 5) is 2.35. The summed E-state index contributed by atoms with van der Waals surface area (Å²) in [5.74, 6) is 0. The first-order chi connectivity index (χ1) is 5.77. The third kappa shape index (κ3) is 2.44. The molecule has 3 nitrogen and oxygen atoms in total. The van der Waals surface area contributed by atoms with Crippen molar-refractivity contribution in [2.75, 3.05) is 26.2 Å². The Morgan fingerprint density at radius 2 is 2.17 bits per heavy atom. The summed E-state index contributed by atoms with van der Waals surface area (Å²) in [6.45, 7) is 8.23. The molecule has 0 saturated carbocycles. The highest BCUT2D eigenvalue weighted by molar-refractivity contribution is 4.84. The Morgan fingerprint density at radius 3 is 2.50 bits per heavy atom. The molecule has 3 heteroatoms. The van der Waals surface area contributed by atoms with Crippen LogP contribution in [0, 0.1) is 0 Å². The highest BCUT2D eigenvalue weighted by Crippen LogP contribution is 2.06. The van der Waals surface area contributed by atoms with E-state index in [1.807, 2.05) is 6.92 Å². The van der Waals surface area contributed by atoms with Gasteiger partial charge in [0.25, 0.3) is 0 Å². The molecule has 0 spiro atoms. The van der Waals surface area contributed by atoms with E-state index in [0.29, 0.717) is 6.04 Å². The van der Waals surface area contributed by atoms with Crippen LogP contribution in [0.5, 0.6) is 0 Å². The van der Waals surface area contributed by atoms with Crippen LogP contribution in [0.1, 0.15) is 20.3 Å². The molecule has 1 unspecified atom stereocenters. The molecule has 1 rings (SSSR count). The molecule has 1 fully saturated rings. The average Bonchev–Trinajstić information content (AvgIpc) is 1.99. The van der Waals surface area contributed by atoms with Gasteiger partial charge < -0.3 is 10.4 Å². The monoisotopic (exact) mass is 172 g/mol. The van der Waals surface area contributed by atoms with Crippen LogP contribution in [-0.2, 0) is 0 Å². The second-order valence-corrected chi connectivity index (χ2v) is 3.46. The van der Waals surface area contributed by atoms with Crippen LogP contribution in [0.15, 0.2) is 0 Å². The third-order valence-electron chi connectivity index (χ3n) is 2.60. The molecular formula is C9H20N2O. The Morgan fingerprint density at radius 1 is 1.50 bits per heavy atom. The first-order valence-corrected chi connectivity index (χ1v) is 4.90. The summed E-state index contributed by atoms with van der Waals surface area (Å²) in [6.07, 6.45) is 0.710. The maximum atomic E-state index is 9.47. The van der Waals surface area contributed by atoms with Crippen molar-refractivity contribution in [3.8, 4) is 0 Å². The van der Waals surface area contributed by atoms with Crippen molar-refractivity contribution in [2.24, 2.45) is 0 Å². The minimum atomic E-state index is -0.148. The predicted octanol–water partition coefficient (Wildman–Crippen LogP) is 0.0510. The largest absolute Gasteiger partial charge is 0.392 e. The minimum absolute atomic E-state index is 0.148. The van der Waals surface area contributed by atoms with Crippen LogP contribution in [0.3, 0.4) is 0 Å². The molecule has 0 radical (unpaired) electrons. The van der Waals surface area contributed by atoms with Crippen LogP contribution < -0.4 is 5.32 Å². The maximum Gasteiger partial charge on any atom is 0.0664 e. The average molecular weight is 172 g/mol. The van der Waals surface area contributed by atoms with E-state index in [9.17, 15) is 5.11 Å². The Hall–Kier alpha value is -0.120. The number of aliphatic hydroxyl groups excluding tert-OH is 1. The summed E-state index contributed by atoms with van der Waals surface area (Å²) >= 11 is 0. The number of rotatable bonds is 5. The summed E-state index contributed by atoms with van der Waals surface area (Å²) in [7, 11) is 0. The smallest absolute Gasteiger partial charge is 0.0664 e. The van der Waals surface area contributed by atoms with Gasteiger partial charge in [-0.15, -0.1) is 0 Å². The highest BCUT2D eigenvalue weighted by atomic mass is 16.3. The Balaban J connectivity index is 2.24. The number of likely N-dealkylation sites (N-methyl/N-ethyl adjacent to an activating group) is 1. The molecule has 0 aromatic rings. The highest BCUT2D eigenvalue weighted by Gasteiger charge is 2.24. The van der Waals surface area contributed by atoms with Gasteiger partial charge in [-0.25, -0.2) is 0 Å². The SMILES string of the molecule is CCC(O)CN(CC)C1CNC1. The fraction of sp³-hybridized carbons (Fsp3) is 1.00. The van der Waals surface area contributed by atoms with Crippen molar-refractivity contribution in [3.05, 3.63) is 0 Å². The van der Waals surface area contributed by atoms with Gasteiger partial charge in [0.2, 0.25) is 0 Å². The van der Waals surface area contributed by atoms with Gasteiger partial charge in [0.15, 0.2) is 0 Å². The third-order valence-corrected chi connectivity index (χ3v) is 2.60. The van der Waals surface area contributed by atoms with E-state index >= 15 is 0 Å². The second-order valence-electron chi connectivity index (χ2n) is 3.46. The molecule has 1 aliphatic rings. The normalized spacial score (nSPS) is 21.0. The lowest BCUT2D eigenvalue weighted by Gasteiger charge is -2.38. The Kier molecular flexibility index (Phi) is 3.98. The fourth-order valence-electron chi connectivity index (χ4n) is 1.47. The zero-order valence-electron chi connectivity index (χ0n) is 8.08. The van der Waals surface area contributed by atoms with Gasteiger partial charge in [-0.1, -0.05) is 13.8 Å². The zero-order chi connectivity index (χ0) is 8.97. The van der Waals surface area contributed by atoms with Crippen LogP contribution >= 0.6 is 0 Å². The molecule has 1 aliphatic heterocycles. The van der Waals surface area contributed by atoms with E-state index in [1.165, 1.54) is 0 Å². The molecule has 0 aliphatic carbocycles. The molecule has 0 bridgehead atoms. The zero-order valence-corrected chi connectivity index (χ0v) is 8.08. The van der Waals surface area contributed by atoms with Crippen LogP contribution in [0.2, 0.25) is 0 Å². The number of hydrogen-bond acceptors (Lipinski definition) is 3. The van der Waals surface area contributed by atoms with Crippen molar-refractivity contribution in [1.29, 1.82) is 0 Å². The van der Waals surface area contributed by atoms with Crippen molar-refractivity contribution in [3.63, 3.8) is 0 Å². The molecule has 0 amide bonds. The van der Waals surface area contributed by atoms with Gasteiger partial charge >= 0.3 is 0 Å². The van der Waals surface area contributed by atoms with Crippen LogP contribution in [0.4, 0.5) is 0 Å². The molecule has 0 aromatic carbocycles. The fourth-order valence-corrected chi connectivity index (χ4v) is 1.47. The molecule has 1 atom stereocenters. The molecule has 1 heterocycles. The van der Waals surface area contributed by atoms with Gasteiger partial charge in [0, 0.05) is 25.7 Å². The number of hydrogen-bond donors (Lipinski definition) is 2. The van der Waals surface area contributed by atoms with Crippen molar-refractivity contribution >= 4 is 0 Å². The van der Waals surface area contributed by atoms with E-state index in [1.54, 1.807) is 0 Å². The first kappa shape index (κ1) is 9.96. The summed E-state index contributed by atoms with van der Waals surface area (Å²) < 4.78 is 0. The topological polar surface area (TPSA) is 35.5 Å². The van der Waals surface area contributed by atoms with E-state index in [-0.39, 0.29) is 6.10 Å². The number of nitrogens with one attached hydrogen (secondary N) is 1. The van der Waals surface area contributed by atoms with Gasteiger partial charge in [-0.05, 0) is 13.0 Å². The molecule has 2 N–H and O–H groups in total.